The van der Waals surface area contributed by atoms with Crippen molar-refractivity contribution in [3.8, 4) is 28.7 Å². The Balaban J connectivity index is 1.42. The molecule has 0 radical (unpaired) electrons. The Bertz CT molecular complexity index is 2070. The fourth-order valence-electron chi connectivity index (χ4n) is 6.71. The molecular formula is C45H48O10. The number of carbonyl (C=O) groups excluding carboxylic acids is 3. The molecule has 2 aliphatic heterocycles. The van der Waals surface area contributed by atoms with Gasteiger partial charge in [0, 0.05) is 22.8 Å². The topological polar surface area (TPSA) is 138 Å². The fourth-order valence-corrected chi connectivity index (χ4v) is 6.71. The summed E-state index contributed by atoms with van der Waals surface area (Å²) in [6.45, 7) is 9.00. The number of esters is 2. The van der Waals surface area contributed by atoms with Gasteiger partial charge in [-0.05, 0) is 103 Å². The van der Waals surface area contributed by atoms with Crippen LogP contribution in [0.2, 0.25) is 0 Å². The molecule has 55 heavy (non-hydrogen) atoms. The molecule has 0 bridgehead atoms. The van der Waals surface area contributed by atoms with Gasteiger partial charge < -0.3 is 33.9 Å². The van der Waals surface area contributed by atoms with Crippen molar-refractivity contribution in [3.63, 3.8) is 0 Å². The highest BCUT2D eigenvalue weighted by molar-refractivity contribution is 6.05. The number of rotatable bonds is 14. The number of hydrogen-bond acceptors (Lipinski definition) is 10. The lowest BCUT2D eigenvalue weighted by atomic mass is 9.88. The quantitative estimate of drug-likeness (QED) is 0.0732. The lowest BCUT2D eigenvalue weighted by Crippen LogP contribution is -2.25. The molecule has 0 amide bonds. The maximum atomic E-state index is 14.4. The largest absolute Gasteiger partial charge is 0.484 e. The number of ether oxygens (including phenoxy) is 5. The molecule has 0 saturated carbocycles. The summed E-state index contributed by atoms with van der Waals surface area (Å²) in [4.78, 5) is 41.5. The van der Waals surface area contributed by atoms with Gasteiger partial charge in [-0.15, -0.1) is 0 Å². The first-order valence-electron chi connectivity index (χ1n) is 18.6. The van der Waals surface area contributed by atoms with Crippen LogP contribution in [0.15, 0.2) is 90.5 Å². The molecule has 0 spiro atoms. The van der Waals surface area contributed by atoms with Crippen molar-refractivity contribution in [3.05, 3.63) is 124 Å². The Morgan fingerprint density at radius 1 is 0.818 bits per heavy atom. The van der Waals surface area contributed by atoms with Gasteiger partial charge in [-0.1, -0.05) is 54.1 Å². The smallest absolute Gasteiger partial charge is 0.343 e. The lowest BCUT2D eigenvalue weighted by Gasteiger charge is -2.30. The van der Waals surface area contributed by atoms with Crippen molar-refractivity contribution in [2.75, 3.05) is 6.79 Å². The number of allylic oxidation sites excluding steroid dienone is 2. The minimum Gasteiger partial charge on any atom is -0.484 e. The highest BCUT2D eigenvalue weighted by Gasteiger charge is 2.37. The second kappa shape index (κ2) is 16.5. The first kappa shape index (κ1) is 39.2. The zero-order valence-corrected chi connectivity index (χ0v) is 32.0. The van der Waals surface area contributed by atoms with Gasteiger partial charge in [0.15, 0.2) is 23.0 Å². The third kappa shape index (κ3) is 9.81. The summed E-state index contributed by atoms with van der Waals surface area (Å²) in [7, 11) is 0. The summed E-state index contributed by atoms with van der Waals surface area (Å²) >= 11 is 0. The van der Waals surface area contributed by atoms with Crippen LogP contribution < -0.4 is 23.7 Å². The molecule has 0 saturated heterocycles. The molecule has 6 rings (SSSR count). The summed E-state index contributed by atoms with van der Waals surface area (Å²) in [5.74, 6) is -0.491. The van der Waals surface area contributed by atoms with Crippen molar-refractivity contribution in [1.29, 1.82) is 0 Å². The van der Waals surface area contributed by atoms with Gasteiger partial charge in [-0.25, -0.2) is 9.59 Å². The molecule has 2 heterocycles. The molecule has 0 fully saturated rings. The maximum Gasteiger partial charge on any atom is 0.343 e. The van der Waals surface area contributed by atoms with Crippen molar-refractivity contribution in [2.45, 2.75) is 96.9 Å². The average molecular weight is 749 g/mol. The van der Waals surface area contributed by atoms with Gasteiger partial charge in [-0.2, -0.15) is 0 Å². The highest BCUT2D eigenvalue weighted by Crippen LogP contribution is 2.49. The van der Waals surface area contributed by atoms with E-state index in [0.29, 0.717) is 29.9 Å². The molecule has 0 aromatic heterocycles. The van der Waals surface area contributed by atoms with Gasteiger partial charge in [0.25, 0.3) is 0 Å². The third-order valence-electron chi connectivity index (χ3n) is 9.67. The number of carbonyl (C=O) groups is 3. The third-order valence-corrected chi connectivity index (χ3v) is 9.67. The van der Waals surface area contributed by atoms with E-state index in [2.05, 4.69) is 6.08 Å². The molecular weight excluding hydrogens is 700 g/mol. The van der Waals surface area contributed by atoms with Crippen LogP contribution in [-0.4, -0.2) is 45.9 Å². The van der Waals surface area contributed by atoms with E-state index < -0.39 is 29.2 Å². The van der Waals surface area contributed by atoms with Gasteiger partial charge >= 0.3 is 11.9 Å². The van der Waals surface area contributed by atoms with E-state index in [1.807, 2.05) is 13.0 Å². The molecule has 1 atom stereocenters. The van der Waals surface area contributed by atoms with Gasteiger partial charge in [0.2, 0.25) is 6.79 Å². The zero-order valence-electron chi connectivity index (χ0n) is 32.0. The Labute approximate surface area is 321 Å². The second-order valence-corrected chi connectivity index (χ2v) is 15.4. The van der Waals surface area contributed by atoms with Crippen molar-refractivity contribution >= 4 is 17.7 Å². The van der Waals surface area contributed by atoms with Crippen LogP contribution in [0.25, 0.3) is 0 Å². The second-order valence-electron chi connectivity index (χ2n) is 15.4. The standard InChI is InChI=1S/C45H48O10/c1-28(13-12-23-44(2,3)49)18-19-32-31(20-21-35-40(32)52-27-51-35)36-25-34(46)39-38(53-36)26-37(54-42(47)29-14-8-6-9-15-29)33(22-24-45(4,5)50)41(39)55-43(48)30-16-10-7-11-17-30/h6-11,14-18,20-21,26,36,49-50H,12-13,19,22-25,27H2,1-5H3/b28-18+. The van der Waals surface area contributed by atoms with Gasteiger partial charge in [0.1, 0.15) is 23.2 Å². The Kier molecular flexibility index (Phi) is 11.8. The molecule has 0 aliphatic carbocycles. The number of hydrogen-bond donors (Lipinski definition) is 2. The van der Waals surface area contributed by atoms with Crippen molar-refractivity contribution in [1.82, 2.24) is 0 Å². The maximum absolute atomic E-state index is 14.4. The van der Waals surface area contributed by atoms with E-state index >= 15 is 0 Å². The number of benzene rings is 4. The van der Waals surface area contributed by atoms with Crippen LogP contribution in [0.4, 0.5) is 0 Å². The summed E-state index contributed by atoms with van der Waals surface area (Å²) in [5, 5.41) is 20.9. The fraction of sp³-hybridized carbons (Fsp3) is 0.356. The number of Topliss-reactive ketones (excluding diaryl/α,β-unsaturated/α-hetero) is 1. The van der Waals surface area contributed by atoms with Crippen LogP contribution in [0.1, 0.15) is 121 Å². The SMILES string of the molecule is C/C(=C\Cc1c(C2CC(=O)c3c(cc(OC(=O)c4ccccc4)c(CCC(C)(C)O)c3OC(=O)c3ccccc3)O2)ccc2c1OCO2)CCCC(C)(C)O. The minimum atomic E-state index is -1.14. The summed E-state index contributed by atoms with van der Waals surface area (Å²) in [6.07, 6.45) is 4.34. The summed E-state index contributed by atoms with van der Waals surface area (Å²) < 4.78 is 30.4. The Hall–Kier alpha value is -5.45. The molecule has 288 valence electrons. The predicted molar refractivity (Wildman–Crippen MR) is 206 cm³/mol. The van der Waals surface area contributed by atoms with Crippen LogP contribution >= 0.6 is 0 Å². The summed E-state index contributed by atoms with van der Waals surface area (Å²) in [6, 6.07) is 22.0. The first-order chi connectivity index (χ1) is 26.2. The minimum absolute atomic E-state index is 0.0386. The van der Waals surface area contributed by atoms with E-state index in [1.165, 1.54) is 6.07 Å². The van der Waals surface area contributed by atoms with Crippen LogP contribution in [0.3, 0.4) is 0 Å². The van der Waals surface area contributed by atoms with Crippen LogP contribution in [-0.2, 0) is 12.8 Å². The molecule has 2 N–H and O–H groups in total. The predicted octanol–water partition coefficient (Wildman–Crippen LogP) is 8.69. The van der Waals surface area contributed by atoms with E-state index in [-0.39, 0.29) is 65.8 Å². The van der Waals surface area contributed by atoms with Gasteiger partial charge in [-0.3, -0.25) is 4.79 Å². The van der Waals surface area contributed by atoms with Crippen molar-refractivity contribution < 1.29 is 48.3 Å². The first-order valence-corrected chi connectivity index (χ1v) is 18.6. The van der Waals surface area contributed by atoms with Crippen LogP contribution in [0, 0.1) is 0 Å². The molecule has 10 nitrogen and oxygen atoms in total. The molecule has 4 aromatic rings. The zero-order chi connectivity index (χ0) is 39.3. The number of aliphatic hydroxyl groups is 2. The Morgan fingerprint density at radius 3 is 2.09 bits per heavy atom. The molecule has 10 heteroatoms. The summed E-state index contributed by atoms with van der Waals surface area (Å²) in [5.41, 5.74) is 1.68. The van der Waals surface area contributed by atoms with E-state index in [1.54, 1.807) is 94.4 Å². The van der Waals surface area contributed by atoms with Gasteiger partial charge in [0.05, 0.1) is 28.7 Å². The normalized spacial score (nSPS) is 15.3. The lowest BCUT2D eigenvalue weighted by molar-refractivity contribution is 0.0677. The monoisotopic (exact) mass is 748 g/mol. The highest BCUT2D eigenvalue weighted by atomic mass is 16.7. The van der Waals surface area contributed by atoms with Crippen LogP contribution in [0.5, 0.6) is 28.7 Å². The van der Waals surface area contributed by atoms with Crippen molar-refractivity contribution in [2.24, 2.45) is 0 Å². The average Bonchev–Trinajstić information content (AvgIpc) is 3.62. The molecule has 2 aliphatic rings. The van der Waals surface area contributed by atoms with E-state index in [4.69, 9.17) is 23.7 Å². The molecule has 1 unspecified atom stereocenters. The Morgan fingerprint density at radius 2 is 1.45 bits per heavy atom. The van der Waals surface area contributed by atoms with E-state index in [9.17, 15) is 24.6 Å². The molecule has 4 aromatic carbocycles. The number of ketones is 1. The van der Waals surface area contributed by atoms with E-state index in [0.717, 1.165) is 29.5 Å². The number of fused-ring (bicyclic) bond motifs is 2.